The van der Waals surface area contributed by atoms with E-state index in [2.05, 4.69) is 5.32 Å². The van der Waals surface area contributed by atoms with Gasteiger partial charge in [-0.25, -0.2) is 13.6 Å². The zero-order chi connectivity index (χ0) is 30.8. The number of hydrogen-bond acceptors (Lipinski definition) is 6. The summed E-state index contributed by atoms with van der Waals surface area (Å²) in [5.41, 5.74) is -0.491. The van der Waals surface area contributed by atoms with E-state index >= 15 is 0 Å². The van der Waals surface area contributed by atoms with Crippen LogP contribution in [0.3, 0.4) is 0 Å². The minimum Gasteiger partial charge on any atom is -0.446 e. The summed E-state index contributed by atoms with van der Waals surface area (Å²) in [7, 11) is -2.85. The van der Waals surface area contributed by atoms with E-state index < -0.39 is 60.1 Å². The molecule has 2 N–H and O–H groups in total. The fourth-order valence-electron chi connectivity index (χ4n) is 6.91. The minimum absolute atomic E-state index is 0.171. The smallest absolute Gasteiger partial charge is 0.410 e. The third-order valence-corrected chi connectivity index (χ3v) is 12.2. The molecule has 5 rings (SSSR count). The lowest BCUT2D eigenvalue weighted by Gasteiger charge is -2.34. The van der Waals surface area contributed by atoms with Crippen LogP contribution in [0.25, 0.3) is 0 Å². The van der Waals surface area contributed by atoms with Crippen LogP contribution in [-0.4, -0.2) is 82.9 Å². The van der Waals surface area contributed by atoms with E-state index in [-0.39, 0.29) is 24.3 Å². The number of nitrogens with one attached hydrogen (secondary N) is 1. The molecule has 43 heavy (non-hydrogen) atoms. The molecule has 10 nitrogen and oxygen atoms in total. The van der Waals surface area contributed by atoms with E-state index in [0.717, 1.165) is 37.8 Å². The second kappa shape index (κ2) is 13.2. The number of ether oxygens (including phenoxy) is 2. The van der Waals surface area contributed by atoms with E-state index in [9.17, 15) is 32.6 Å². The second-order valence-corrected chi connectivity index (χ2v) is 14.9. The predicted molar refractivity (Wildman–Crippen MR) is 153 cm³/mol. The SMILES string of the molecule is CN(C(=O)OC1CCCC1)[C@H]1CCCOCCC[C@@H]2C[C@@]2(P(=O)(O)Cc2c(F)cccc2F)NC(=O)[C@@H]2CCCN2C1=O. The number of rotatable bonds is 5. The summed E-state index contributed by atoms with van der Waals surface area (Å²) in [6.07, 6.45) is 5.01. The topological polar surface area (TPSA) is 125 Å². The molecule has 2 saturated carbocycles. The van der Waals surface area contributed by atoms with Crippen molar-refractivity contribution < 1.29 is 42.1 Å². The fourth-order valence-corrected chi connectivity index (χ4v) is 9.41. The Morgan fingerprint density at radius 3 is 2.47 bits per heavy atom. The van der Waals surface area contributed by atoms with Crippen molar-refractivity contribution in [3.8, 4) is 0 Å². The molecule has 0 bridgehead atoms. The van der Waals surface area contributed by atoms with E-state index in [0.29, 0.717) is 58.3 Å². The quantitative estimate of drug-likeness (QED) is 0.461. The van der Waals surface area contributed by atoms with E-state index in [1.807, 2.05) is 0 Å². The molecule has 1 unspecified atom stereocenters. The molecule has 5 atom stereocenters. The van der Waals surface area contributed by atoms with Crippen molar-refractivity contribution in [3.63, 3.8) is 0 Å². The Kier molecular flexibility index (Phi) is 9.78. The molecule has 1 aromatic rings. The fraction of sp³-hybridized carbons (Fsp3) is 0.700. The Bertz CT molecular complexity index is 1240. The molecular formula is C30H42F2N3O7P. The Hall–Kier alpha value is -2.56. The van der Waals surface area contributed by atoms with Gasteiger partial charge in [0.05, 0.1) is 6.16 Å². The number of halogens is 2. The molecule has 3 amide bonds. The maximum absolute atomic E-state index is 14.5. The van der Waals surface area contributed by atoms with Gasteiger partial charge in [0, 0.05) is 32.4 Å². The van der Waals surface area contributed by atoms with E-state index in [1.54, 1.807) is 0 Å². The van der Waals surface area contributed by atoms with Gasteiger partial charge >= 0.3 is 6.09 Å². The summed E-state index contributed by atoms with van der Waals surface area (Å²) in [6.45, 7) is 1.02. The van der Waals surface area contributed by atoms with Crippen LogP contribution in [0.15, 0.2) is 18.2 Å². The van der Waals surface area contributed by atoms with Gasteiger partial charge in [-0.2, -0.15) is 0 Å². The lowest BCUT2D eigenvalue weighted by Crippen LogP contribution is -2.55. The van der Waals surface area contributed by atoms with Gasteiger partial charge in [0.1, 0.15) is 35.1 Å². The van der Waals surface area contributed by atoms with Crippen molar-refractivity contribution in [2.75, 3.05) is 26.8 Å². The summed E-state index contributed by atoms with van der Waals surface area (Å²) in [5.74, 6) is -3.19. The standard InChI is InChI=1S/C30H42F2N3O7P/c1-34(29(38)42-21-9-2-3-10-21)26-14-7-17-41-16-6-8-20-18-30(20,33-27(36)25-13-5-15-35(25)28(26)37)43(39,40)19-22-23(31)11-4-12-24(22)32/h4,11-12,20-21,25-26H,2-3,5-10,13-19H2,1H3,(H,33,36)(H,39,40)/t20-,25+,26+,30+/m1/s1. The first-order chi connectivity index (χ1) is 20.5. The van der Waals surface area contributed by atoms with Gasteiger partial charge in [0.15, 0.2) is 0 Å². The number of carbonyl (C=O) groups excluding carboxylic acids is 3. The minimum atomic E-state index is -4.39. The predicted octanol–water partition coefficient (Wildman–Crippen LogP) is 4.53. The first kappa shape index (κ1) is 31.9. The van der Waals surface area contributed by atoms with Crippen molar-refractivity contribution >= 4 is 25.3 Å². The van der Waals surface area contributed by atoms with Crippen LogP contribution in [0.5, 0.6) is 0 Å². The molecule has 0 aromatic heterocycles. The van der Waals surface area contributed by atoms with Crippen molar-refractivity contribution in [3.05, 3.63) is 35.4 Å². The molecule has 2 aliphatic heterocycles. The van der Waals surface area contributed by atoms with E-state index in [1.165, 1.54) is 22.9 Å². The molecule has 2 saturated heterocycles. The highest BCUT2D eigenvalue weighted by Crippen LogP contribution is 2.71. The molecule has 4 aliphatic rings. The summed E-state index contributed by atoms with van der Waals surface area (Å²) < 4.78 is 54.3. The Labute approximate surface area is 250 Å². The number of nitrogens with zero attached hydrogens (tertiary/aromatic N) is 2. The van der Waals surface area contributed by atoms with Gasteiger partial charge in [0.25, 0.3) is 0 Å². The van der Waals surface area contributed by atoms with Gasteiger partial charge in [-0.1, -0.05) is 6.07 Å². The molecule has 0 radical (unpaired) electrons. The summed E-state index contributed by atoms with van der Waals surface area (Å²) in [4.78, 5) is 54.9. The largest absolute Gasteiger partial charge is 0.446 e. The molecule has 2 heterocycles. The van der Waals surface area contributed by atoms with E-state index in [4.69, 9.17) is 9.47 Å². The number of amides is 3. The third-order valence-electron chi connectivity index (χ3n) is 9.53. The zero-order valence-electron chi connectivity index (χ0n) is 24.6. The maximum Gasteiger partial charge on any atom is 0.410 e. The number of likely N-dealkylation sites (N-methyl/N-ethyl adjacent to an activating group) is 1. The molecule has 4 fully saturated rings. The molecule has 1 aromatic carbocycles. The van der Waals surface area contributed by atoms with Gasteiger partial charge in [-0.05, 0) is 88.7 Å². The number of fused-ring (bicyclic) bond motifs is 2. The Morgan fingerprint density at radius 1 is 1.09 bits per heavy atom. The molecule has 2 aliphatic carbocycles. The summed E-state index contributed by atoms with van der Waals surface area (Å²) >= 11 is 0. The van der Waals surface area contributed by atoms with Crippen molar-refractivity contribution in [1.29, 1.82) is 0 Å². The lowest BCUT2D eigenvalue weighted by molar-refractivity contribution is -0.142. The second-order valence-electron chi connectivity index (χ2n) is 12.4. The zero-order valence-corrected chi connectivity index (χ0v) is 25.5. The highest BCUT2D eigenvalue weighted by Gasteiger charge is 2.66. The van der Waals surface area contributed by atoms with Gasteiger partial charge in [-0.3, -0.25) is 19.1 Å². The van der Waals surface area contributed by atoms with Crippen LogP contribution in [0, 0.1) is 17.6 Å². The Morgan fingerprint density at radius 2 is 1.77 bits per heavy atom. The number of benzene rings is 1. The van der Waals surface area contributed by atoms with Crippen molar-refractivity contribution in [2.24, 2.45) is 5.92 Å². The van der Waals surface area contributed by atoms with Crippen LogP contribution >= 0.6 is 7.37 Å². The van der Waals surface area contributed by atoms with Crippen molar-refractivity contribution in [1.82, 2.24) is 15.1 Å². The van der Waals surface area contributed by atoms with Crippen LogP contribution in [0.4, 0.5) is 13.6 Å². The molecule has 238 valence electrons. The first-order valence-corrected chi connectivity index (χ1v) is 17.3. The van der Waals surface area contributed by atoms with Crippen LogP contribution in [-0.2, 0) is 29.8 Å². The average molecular weight is 626 g/mol. The molecule has 0 spiro atoms. The highest BCUT2D eigenvalue weighted by molar-refractivity contribution is 7.59. The normalized spacial score (nSPS) is 30.3. The monoisotopic (exact) mass is 625 g/mol. The molecular weight excluding hydrogens is 583 g/mol. The number of hydrogen-bond donors (Lipinski definition) is 2. The van der Waals surface area contributed by atoms with Crippen LogP contribution in [0.2, 0.25) is 0 Å². The molecule has 13 heteroatoms. The summed E-state index contributed by atoms with van der Waals surface area (Å²) in [5, 5.41) is 1.25. The Balaban J connectivity index is 1.38. The average Bonchev–Trinajstić information content (AvgIpc) is 3.30. The van der Waals surface area contributed by atoms with Crippen LogP contribution < -0.4 is 5.32 Å². The van der Waals surface area contributed by atoms with Gasteiger partial charge in [0.2, 0.25) is 19.2 Å². The van der Waals surface area contributed by atoms with Gasteiger partial charge in [-0.15, -0.1) is 0 Å². The number of carbonyl (C=O) groups is 3. The highest BCUT2D eigenvalue weighted by atomic mass is 31.2. The maximum atomic E-state index is 14.5. The summed E-state index contributed by atoms with van der Waals surface area (Å²) in [6, 6.07) is 1.48. The van der Waals surface area contributed by atoms with Crippen LogP contribution in [0.1, 0.15) is 76.2 Å². The third kappa shape index (κ3) is 6.76. The first-order valence-electron chi connectivity index (χ1n) is 15.4. The van der Waals surface area contributed by atoms with Crippen molar-refractivity contribution in [2.45, 2.75) is 100 Å². The van der Waals surface area contributed by atoms with Gasteiger partial charge < -0.3 is 24.6 Å². The lowest BCUT2D eigenvalue weighted by atomic mass is 10.1.